The fourth-order valence-electron chi connectivity index (χ4n) is 3.10. The molecule has 1 aliphatic rings. The van der Waals surface area contributed by atoms with E-state index in [-0.39, 0.29) is 0 Å². The van der Waals surface area contributed by atoms with E-state index in [9.17, 15) is 0 Å². The summed E-state index contributed by atoms with van der Waals surface area (Å²) in [5.74, 6) is 1.42. The molecule has 146 valence electrons. The first-order valence-electron chi connectivity index (χ1n) is 8.97. The number of pyridine rings is 1. The quantitative estimate of drug-likeness (QED) is 0.679. The molecular weight excluding hydrogens is 401 g/mol. The molecule has 8 nitrogen and oxygen atoms in total. The Bertz CT molecular complexity index is 941. The molecule has 1 aliphatic heterocycles. The third kappa shape index (κ3) is 4.04. The van der Waals surface area contributed by atoms with Crippen LogP contribution in [0.3, 0.4) is 0 Å². The smallest absolute Gasteiger partial charge is 0.248 e. The zero-order valence-electron chi connectivity index (χ0n) is 15.1. The number of hydrogen-bond donors (Lipinski definition) is 1. The molecule has 10 heteroatoms. The Kier molecular flexibility index (Phi) is 5.90. The standard InChI is InChI=1S/C18H19Cl2N7O/c19-14-5-1-6-15(16(14)20)27-18(23-24-25-27)22-12-13-4-2-7-21-17(13)26-8-3-10-28-11-9-26/h1-2,4-7H,3,8-12H2,(H,22,23,25). The number of halogens is 2. The highest BCUT2D eigenvalue weighted by Gasteiger charge is 2.17. The summed E-state index contributed by atoms with van der Waals surface area (Å²) in [6.45, 7) is 3.74. The van der Waals surface area contributed by atoms with Gasteiger partial charge in [-0.05, 0) is 35.0 Å². The van der Waals surface area contributed by atoms with Gasteiger partial charge in [-0.1, -0.05) is 40.4 Å². The minimum atomic E-state index is 0.395. The Balaban J connectivity index is 1.55. The van der Waals surface area contributed by atoms with Crippen molar-refractivity contribution in [2.75, 3.05) is 36.5 Å². The van der Waals surface area contributed by atoms with Crippen LogP contribution in [0.1, 0.15) is 12.0 Å². The molecule has 1 N–H and O–H groups in total. The van der Waals surface area contributed by atoms with E-state index in [1.165, 1.54) is 4.68 Å². The number of benzene rings is 1. The molecule has 0 atom stereocenters. The van der Waals surface area contributed by atoms with Gasteiger partial charge in [-0.3, -0.25) is 0 Å². The van der Waals surface area contributed by atoms with Crippen LogP contribution in [-0.2, 0) is 11.3 Å². The molecule has 0 saturated carbocycles. The lowest BCUT2D eigenvalue weighted by Crippen LogP contribution is -2.28. The van der Waals surface area contributed by atoms with Crippen molar-refractivity contribution in [3.63, 3.8) is 0 Å². The maximum absolute atomic E-state index is 6.31. The summed E-state index contributed by atoms with van der Waals surface area (Å²) < 4.78 is 7.08. The Hall–Kier alpha value is -2.42. The predicted molar refractivity (Wildman–Crippen MR) is 108 cm³/mol. The van der Waals surface area contributed by atoms with Crippen LogP contribution in [0.4, 0.5) is 11.8 Å². The van der Waals surface area contributed by atoms with Crippen LogP contribution in [-0.4, -0.2) is 51.5 Å². The minimum absolute atomic E-state index is 0.395. The number of aromatic nitrogens is 5. The summed E-state index contributed by atoms with van der Waals surface area (Å²) in [5, 5.41) is 16.0. The summed E-state index contributed by atoms with van der Waals surface area (Å²) >= 11 is 12.4. The minimum Gasteiger partial charge on any atom is -0.380 e. The molecule has 1 saturated heterocycles. The van der Waals surface area contributed by atoms with Crippen molar-refractivity contribution in [2.45, 2.75) is 13.0 Å². The van der Waals surface area contributed by atoms with Gasteiger partial charge in [0.05, 0.1) is 22.3 Å². The number of tetrazole rings is 1. The number of nitrogens with one attached hydrogen (secondary N) is 1. The van der Waals surface area contributed by atoms with E-state index in [2.05, 4.69) is 30.7 Å². The van der Waals surface area contributed by atoms with Gasteiger partial charge in [-0.15, -0.1) is 0 Å². The van der Waals surface area contributed by atoms with Crippen molar-refractivity contribution >= 4 is 35.0 Å². The first-order valence-corrected chi connectivity index (χ1v) is 9.73. The maximum Gasteiger partial charge on any atom is 0.248 e. The van der Waals surface area contributed by atoms with Gasteiger partial charge in [0.2, 0.25) is 5.95 Å². The molecule has 1 aromatic carbocycles. The number of rotatable bonds is 5. The molecule has 0 bridgehead atoms. The number of nitrogens with zero attached hydrogens (tertiary/aromatic N) is 6. The first kappa shape index (κ1) is 18.9. The lowest BCUT2D eigenvalue weighted by atomic mass is 10.2. The Morgan fingerprint density at radius 2 is 2.04 bits per heavy atom. The molecule has 3 heterocycles. The zero-order valence-corrected chi connectivity index (χ0v) is 16.6. The van der Waals surface area contributed by atoms with Crippen LogP contribution in [0.2, 0.25) is 10.0 Å². The number of anilines is 2. The van der Waals surface area contributed by atoms with Gasteiger partial charge in [0, 0.05) is 38.0 Å². The Labute approximate surface area is 172 Å². The number of ether oxygens (including phenoxy) is 1. The molecule has 0 amide bonds. The molecule has 0 aliphatic carbocycles. The van der Waals surface area contributed by atoms with Crippen LogP contribution < -0.4 is 10.2 Å². The van der Waals surface area contributed by atoms with Crippen molar-refractivity contribution < 1.29 is 4.74 Å². The summed E-state index contributed by atoms with van der Waals surface area (Å²) in [5.41, 5.74) is 1.66. The lowest BCUT2D eigenvalue weighted by molar-refractivity contribution is 0.152. The summed E-state index contributed by atoms with van der Waals surface area (Å²) in [6, 6.07) is 9.29. The van der Waals surface area contributed by atoms with Crippen LogP contribution in [0.5, 0.6) is 0 Å². The summed E-state index contributed by atoms with van der Waals surface area (Å²) in [7, 11) is 0. The molecule has 0 unspecified atom stereocenters. The molecule has 0 spiro atoms. The molecule has 4 rings (SSSR count). The zero-order chi connectivity index (χ0) is 19.3. The van der Waals surface area contributed by atoms with Crippen molar-refractivity contribution in [1.82, 2.24) is 25.2 Å². The summed E-state index contributed by atoms with van der Waals surface area (Å²) in [6.07, 6.45) is 2.79. The monoisotopic (exact) mass is 419 g/mol. The van der Waals surface area contributed by atoms with Gasteiger partial charge in [-0.2, -0.15) is 4.68 Å². The second kappa shape index (κ2) is 8.72. The topological polar surface area (TPSA) is 81.0 Å². The fourth-order valence-corrected chi connectivity index (χ4v) is 3.48. The molecular formula is C18H19Cl2N7O. The lowest BCUT2D eigenvalue weighted by Gasteiger charge is -2.23. The van der Waals surface area contributed by atoms with E-state index in [1.54, 1.807) is 18.3 Å². The number of hydrogen-bond acceptors (Lipinski definition) is 7. The van der Waals surface area contributed by atoms with Gasteiger partial charge in [0.1, 0.15) is 5.82 Å². The van der Waals surface area contributed by atoms with Crippen molar-refractivity contribution in [3.8, 4) is 5.69 Å². The van der Waals surface area contributed by atoms with Crippen molar-refractivity contribution in [1.29, 1.82) is 0 Å². The van der Waals surface area contributed by atoms with Gasteiger partial charge < -0.3 is 15.0 Å². The van der Waals surface area contributed by atoms with Crippen LogP contribution in [0, 0.1) is 0 Å². The highest BCUT2D eigenvalue weighted by molar-refractivity contribution is 6.43. The van der Waals surface area contributed by atoms with E-state index in [1.807, 2.05) is 18.2 Å². The van der Waals surface area contributed by atoms with Gasteiger partial charge in [0.15, 0.2) is 0 Å². The Morgan fingerprint density at radius 1 is 1.11 bits per heavy atom. The normalized spacial score (nSPS) is 14.7. The Morgan fingerprint density at radius 3 is 2.96 bits per heavy atom. The average molecular weight is 420 g/mol. The van der Waals surface area contributed by atoms with Gasteiger partial charge in [0.25, 0.3) is 0 Å². The van der Waals surface area contributed by atoms with E-state index in [0.717, 1.165) is 37.5 Å². The molecule has 3 aromatic rings. The van der Waals surface area contributed by atoms with E-state index < -0.39 is 0 Å². The fraction of sp³-hybridized carbons (Fsp3) is 0.333. The molecule has 1 fully saturated rings. The van der Waals surface area contributed by atoms with E-state index in [4.69, 9.17) is 27.9 Å². The van der Waals surface area contributed by atoms with Crippen LogP contribution in [0.15, 0.2) is 36.5 Å². The predicted octanol–water partition coefficient (Wildman–Crippen LogP) is 3.20. The van der Waals surface area contributed by atoms with E-state index in [0.29, 0.717) is 34.8 Å². The second-order valence-electron chi connectivity index (χ2n) is 6.28. The third-order valence-corrected chi connectivity index (χ3v) is 5.26. The highest BCUT2D eigenvalue weighted by atomic mass is 35.5. The largest absolute Gasteiger partial charge is 0.380 e. The molecule has 0 radical (unpaired) electrons. The molecule has 2 aromatic heterocycles. The first-order chi connectivity index (χ1) is 13.7. The van der Waals surface area contributed by atoms with Crippen LogP contribution in [0.25, 0.3) is 5.69 Å². The highest BCUT2D eigenvalue weighted by Crippen LogP contribution is 2.29. The van der Waals surface area contributed by atoms with E-state index >= 15 is 0 Å². The second-order valence-corrected chi connectivity index (χ2v) is 7.07. The molecule has 28 heavy (non-hydrogen) atoms. The van der Waals surface area contributed by atoms with Crippen LogP contribution >= 0.6 is 23.2 Å². The van der Waals surface area contributed by atoms with Gasteiger partial charge >= 0.3 is 0 Å². The van der Waals surface area contributed by atoms with Crippen molar-refractivity contribution in [2.24, 2.45) is 0 Å². The van der Waals surface area contributed by atoms with Crippen molar-refractivity contribution in [3.05, 3.63) is 52.1 Å². The average Bonchev–Trinajstić information content (AvgIpc) is 3.01. The summed E-state index contributed by atoms with van der Waals surface area (Å²) in [4.78, 5) is 6.83. The third-order valence-electron chi connectivity index (χ3n) is 4.46. The SMILES string of the molecule is Clc1cccc(-n2nnnc2NCc2cccnc2N2CCCOCC2)c1Cl. The van der Waals surface area contributed by atoms with Gasteiger partial charge in [-0.25, -0.2) is 4.98 Å². The maximum atomic E-state index is 6.31.